The Kier molecular flexibility index (Phi) is 4.86. The summed E-state index contributed by atoms with van der Waals surface area (Å²) >= 11 is 0. The molecule has 3 aromatic heterocycles. The predicted molar refractivity (Wildman–Crippen MR) is 112 cm³/mol. The van der Waals surface area contributed by atoms with Crippen molar-refractivity contribution >= 4 is 0 Å². The molecule has 152 valence electrons. The summed E-state index contributed by atoms with van der Waals surface area (Å²) in [7, 11) is 0. The van der Waals surface area contributed by atoms with Crippen LogP contribution in [0.25, 0.3) is 17.1 Å². The van der Waals surface area contributed by atoms with Crippen LogP contribution >= 0.6 is 0 Å². The number of aryl methyl sites for hydroxylation is 2. The monoisotopic (exact) mass is 402 g/mol. The minimum absolute atomic E-state index is 0.249. The summed E-state index contributed by atoms with van der Waals surface area (Å²) in [4.78, 5) is 8.89. The molecule has 30 heavy (non-hydrogen) atoms. The summed E-state index contributed by atoms with van der Waals surface area (Å²) in [6.07, 6.45) is 9.69. The molecule has 0 aliphatic heterocycles. The van der Waals surface area contributed by atoms with Crippen LogP contribution in [-0.2, 0) is 25.7 Å². The lowest BCUT2D eigenvalue weighted by Crippen LogP contribution is -2.03. The van der Waals surface area contributed by atoms with Crippen molar-refractivity contribution in [2.45, 2.75) is 45.4 Å². The molecule has 0 bridgehead atoms. The number of fused-ring (bicyclic) bond motifs is 1. The fourth-order valence-electron chi connectivity index (χ4n) is 4.15. The van der Waals surface area contributed by atoms with E-state index in [-0.39, 0.29) is 5.82 Å². The lowest BCUT2D eigenvalue weighted by atomic mass is 9.99. The molecule has 1 N–H and O–H groups in total. The highest BCUT2D eigenvalue weighted by atomic mass is 19.1. The molecule has 0 atom stereocenters. The number of halogens is 1. The molecule has 0 unspecified atom stereocenters. The van der Waals surface area contributed by atoms with Gasteiger partial charge in [-0.2, -0.15) is 10.2 Å². The van der Waals surface area contributed by atoms with Crippen molar-refractivity contribution in [1.82, 2.24) is 29.9 Å². The van der Waals surface area contributed by atoms with Crippen molar-refractivity contribution < 1.29 is 4.39 Å². The minimum Gasteiger partial charge on any atom is -0.281 e. The molecule has 0 saturated carbocycles. The van der Waals surface area contributed by atoms with Gasteiger partial charge in [0.15, 0.2) is 5.82 Å². The highest BCUT2D eigenvalue weighted by Gasteiger charge is 2.17. The maximum Gasteiger partial charge on any atom is 0.156 e. The fraction of sp³-hybridized carbons (Fsp3) is 0.304. The van der Waals surface area contributed by atoms with Gasteiger partial charge in [-0.1, -0.05) is 6.92 Å². The van der Waals surface area contributed by atoms with Gasteiger partial charge in [-0.05, 0) is 61.9 Å². The zero-order valence-electron chi connectivity index (χ0n) is 16.9. The second kappa shape index (κ2) is 7.82. The zero-order valence-corrected chi connectivity index (χ0v) is 16.9. The Morgan fingerprint density at radius 3 is 2.73 bits per heavy atom. The topological polar surface area (TPSA) is 72.3 Å². The summed E-state index contributed by atoms with van der Waals surface area (Å²) in [5.74, 6) is 0.534. The molecule has 1 aliphatic rings. The Morgan fingerprint density at radius 1 is 1.10 bits per heavy atom. The SMILES string of the molecule is CCc1c(-c2ccc(F)cc2)n[nH]c1Cc1cc(-n2cc3c(n2)CCCC3)ncn1. The molecule has 0 spiro atoms. The Bertz CT molecular complexity index is 1150. The largest absolute Gasteiger partial charge is 0.281 e. The lowest BCUT2D eigenvalue weighted by molar-refractivity contribution is 0.628. The smallest absolute Gasteiger partial charge is 0.156 e. The van der Waals surface area contributed by atoms with Crippen molar-refractivity contribution in [3.8, 4) is 17.1 Å². The quantitative estimate of drug-likeness (QED) is 0.542. The molecule has 3 heterocycles. The predicted octanol–water partition coefficient (Wildman–Crippen LogP) is 4.22. The molecule has 0 saturated heterocycles. The van der Waals surface area contributed by atoms with Gasteiger partial charge in [0.1, 0.15) is 12.1 Å². The third kappa shape index (κ3) is 3.51. The minimum atomic E-state index is -0.249. The maximum absolute atomic E-state index is 13.3. The van der Waals surface area contributed by atoms with E-state index in [1.165, 1.54) is 36.2 Å². The second-order valence-electron chi connectivity index (χ2n) is 7.69. The Balaban J connectivity index is 1.43. The molecule has 4 aromatic rings. The molecule has 7 heteroatoms. The van der Waals surface area contributed by atoms with Crippen LogP contribution in [0.15, 0.2) is 42.9 Å². The Hall–Kier alpha value is -3.35. The van der Waals surface area contributed by atoms with Gasteiger partial charge in [-0.3, -0.25) is 5.10 Å². The van der Waals surface area contributed by atoms with E-state index in [2.05, 4.69) is 33.3 Å². The molecular formula is C23H23FN6. The second-order valence-corrected chi connectivity index (χ2v) is 7.69. The number of rotatable bonds is 5. The van der Waals surface area contributed by atoms with Crippen LogP contribution in [0.4, 0.5) is 4.39 Å². The third-order valence-corrected chi connectivity index (χ3v) is 5.71. The normalized spacial score (nSPS) is 13.4. The van der Waals surface area contributed by atoms with E-state index in [0.29, 0.717) is 6.42 Å². The van der Waals surface area contributed by atoms with E-state index < -0.39 is 0 Å². The highest BCUT2D eigenvalue weighted by Crippen LogP contribution is 2.26. The summed E-state index contributed by atoms with van der Waals surface area (Å²) in [6.45, 7) is 2.10. The maximum atomic E-state index is 13.3. The number of nitrogens with zero attached hydrogens (tertiary/aromatic N) is 5. The first kappa shape index (κ1) is 18.7. The van der Waals surface area contributed by atoms with E-state index in [1.54, 1.807) is 18.5 Å². The summed E-state index contributed by atoms with van der Waals surface area (Å²) in [5, 5.41) is 12.4. The van der Waals surface area contributed by atoms with Crippen molar-refractivity contribution in [2.24, 2.45) is 0 Å². The molecule has 5 rings (SSSR count). The van der Waals surface area contributed by atoms with Crippen LogP contribution in [0.5, 0.6) is 0 Å². The van der Waals surface area contributed by atoms with Crippen LogP contribution in [0.2, 0.25) is 0 Å². The molecule has 0 amide bonds. The number of H-pyrrole nitrogens is 1. The first-order valence-electron chi connectivity index (χ1n) is 10.4. The van der Waals surface area contributed by atoms with Gasteiger partial charge in [-0.25, -0.2) is 19.0 Å². The van der Waals surface area contributed by atoms with E-state index in [9.17, 15) is 4.39 Å². The van der Waals surface area contributed by atoms with Gasteiger partial charge in [-0.15, -0.1) is 0 Å². The first-order chi connectivity index (χ1) is 14.7. The van der Waals surface area contributed by atoms with Gasteiger partial charge in [0, 0.05) is 35.5 Å². The Morgan fingerprint density at radius 2 is 1.93 bits per heavy atom. The van der Waals surface area contributed by atoms with Crippen molar-refractivity contribution in [2.75, 3.05) is 0 Å². The van der Waals surface area contributed by atoms with E-state index in [4.69, 9.17) is 5.10 Å². The molecule has 0 fully saturated rings. The van der Waals surface area contributed by atoms with Crippen molar-refractivity contribution in [3.63, 3.8) is 0 Å². The van der Waals surface area contributed by atoms with Gasteiger partial charge >= 0.3 is 0 Å². The summed E-state index contributed by atoms with van der Waals surface area (Å²) in [6, 6.07) is 8.43. The Labute approximate surface area is 174 Å². The summed E-state index contributed by atoms with van der Waals surface area (Å²) < 4.78 is 15.2. The summed E-state index contributed by atoms with van der Waals surface area (Å²) in [5.41, 5.74) is 7.32. The van der Waals surface area contributed by atoms with Gasteiger partial charge in [0.2, 0.25) is 0 Å². The zero-order chi connectivity index (χ0) is 20.5. The van der Waals surface area contributed by atoms with Crippen LogP contribution in [0.3, 0.4) is 0 Å². The third-order valence-electron chi connectivity index (χ3n) is 5.71. The van der Waals surface area contributed by atoms with Gasteiger partial charge in [0.05, 0.1) is 17.1 Å². The highest BCUT2D eigenvalue weighted by molar-refractivity contribution is 5.64. The molecular weight excluding hydrogens is 379 g/mol. The average molecular weight is 402 g/mol. The molecule has 1 aliphatic carbocycles. The van der Waals surface area contributed by atoms with E-state index in [1.807, 2.05) is 10.7 Å². The van der Waals surface area contributed by atoms with E-state index in [0.717, 1.165) is 53.3 Å². The number of hydrogen-bond donors (Lipinski definition) is 1. The number of aromatic nitrogens is 6. The number of aromatic amines is 1. The lowest BCUT2D eigenvalue weighted by Gasteiger charge is -2.06. The van der Waals surface area contributed by atoms with Gasteiger partial charge in [0.25, 0.3) is 0 Å². The first-order valence-corrected chi connectivity index (χ1v) is 10.4. The average Bonchev–Trinajstić information content (AvgIpc) is 3.38. The molecule has 6 nitrogen and oxygen atoms in total. The molecule has 0 radical (unpaired) electrons. The van der Waals surface area contributed by atoms with Crippen LogP contribution in [-0.4, -0.2) is 29.9 Å². The van der Waals surface area contributed by atoms with Crippen LogP contribution in [0, 0.1) is 5.82 Å². The van der Waals surface area contributed by atoms with Crippen LogP contribution in [0.1, 0.15) is 48.0 Å². The van der Waals surface area contributed by atoms with Crippen molar-refractivity contribution in [1.29, 1.82) is 0 Å². The van der Waals surface area contributed by atoms with Crippen LogP contribution < -0.4 is 0 Å². The molecule has 1 aromatic carbocycles. The number of benzene rings is 1. The standard InChI is InChI=1S/C23H23FN6/c1-2-19-21(27-28-23(19)15-7-9-17(24)10-8-15)11-18-12-22(26-14-25-18)30-13-16-5-3-4-6-20(16)29-30/h7-10,12-14H,2-6,11H2,1H3,(H,27,28). The van der Waals surface area contributed by atoms with E-state index >= 15 is 0 Å². The number of nitrogens with one attached hydrogen (secondary N) is 1. The van der Waals surface area contributed by atoms with Crippen molar-refractivity contribution in [3.05, 3.63) is 76.9 Å². The number of hydrogen-bond acceptors (Lipinski definition) is 4. The fourth-order valence-corrected chi connectivity index (χ4v) is 4.15. The van der Waals surface area contributed by atoms with Gasteiger partial charge < -0.3 is 0 Å².